The summed E-state index contributed by atoms with van der Waals surface area (Å²) in [7, 11) is 0. The minimum Gasteiger partial charge on any atom is -0.323 e. The second kappa shape index (κ2) is 5.35. The molecule has 1 heterocycles. The Morgan fingerprint density at radius 1 is 1.11 bits per heavy atom. The molecule has 3 rings (SSSR count). The highest BCUT2D eigenvalue weighted by molar-refractivity contribution is 7.99. The van der Waals surface area contributed by atoms with Crippen molar-refractivity contribution in [1.29, 1.82) is 0 Å². The number of thioether (sulfide) groups is 1. The Labute approximate surface area is 118 Å². The highest BCUT2D eigenvalue weighted by Crippen LogP contribution is 2.43. The zero-order chi connectivity index (χ0) is 13.2. The highest BCUT2D eigenvalue weighted by atomic mass is 32.2. The Kier molecular flexibility index (Phi) is 3.58. The van der Waals surface area contributed by atoms with E-state index in [1.54, 1.807) is 11.8 Å². The van der Waals surface area contributed by atoms with Crippen LogP contribution in [0.4, 0.5) is 0 Å². The lowest BCUT2D eigenvalue weighted by molar-refractivity contribution is 0.527. The molecule has 0 bridgehead atoms. The van der Waals surface area contributed by atoms with E-state index >= 15 is 0 Å². The summed E-state index contributed by atoms with van der Waals surface area (Å²) in [5, 5.41) is 1.47. The van der Waals surface area contributed by atoms with Crippen molar-refractivity contribution < 1.29 is 0 Å². The number of hydrogen-bond acceptors (Lipinski definition) is 3. The smallest absolute Gasteiger partial charge is 0.0963 e. The van der Waals surface area contributed by atoms with Gasteiger partial charge in [-0.2, -0.15) is 0 Å². The second-order valence-corrected chi connectivity index (χ2v) is 6.38. The molecule has 0 radical (unpaired) electrons. The third-order valence-corrected chi connectivity index (χ3v) is 5.05. The SMILES string of the molecule is CC1CC(Sc2ccccn2)C(N)c2ccccc21. The van der Waals surface area contributed by atoms with Crippen molar-refractivity contribution in [1.82, 2.24) is 4.98 Å². The highest BCUT2D eigenvalue weighted by Gasteiger charge is 2.31. The minimum absolute atomic E-state index is 0.0967. The number of pyridine rings is 1. The molecule has 19 heavy (non-hydrogen) atoms. The van der Waals surface area contributed by atoms with E-state index in [1.165, 1.54) is 11.1 Å². The molecule has 2 nitrogen and oxygen atoms in total. The molecule has 1 aromatic heterocycles. The van der Waals surface area contributed by atoms with Gasteiger partial charge in [0.05, 0.1) is 5.03 Å². The zero-order valence-electron chi connectivity index (χ0n) is 11.0. The molecule has 0 saturated heterocycles. The summed E-state index contributed by atoms with van der Waals surface area (Å²) in [5.74, 6) is 0.567. The van der Waals surface area contributed by atoms with Gasteiger partial charge in [0, 0.05) is 17.5 Å². The van der Waals surface area contributed by atoms with Crippen molar-refractivity contribution in [3.63, 3.8) is 0 Å². The van der Waals surface area contributed by atoms with Gasteiger partial charge in [0.2, 0.25) is 0 Å². The van der Waals surface area contributed by atoms with E-state index < -0.39 is 0 Å². The molecule has 3 heteroatoms. The van der Waals surface area contributed by atoms with Crippen molar-refractivity contribution in [2.45, 2.75) is 35.6 Å². The van der Waals surface area contributed by atoms with Crippen molar-refractivity contribution in [2.75, 3.05) is 0 Å². The Morgan fingerprint density at radius 2 is 1.84 bits per heavy atom. The monoisotopic (exact) mass is 270 g/mol. The first-order chi connectivity index (χ1) is 9.25. The molecule has 0 spiro atoms. The third kappa shape index (κ3) is 2.53. The lowest BCUT2D eigenvalue weighted by atomic mass is 9.81. The maximum atomic E-state index is 6.45. The van der Waals surface area contributed by atoms with E-state index in [0.717, 1.165) is 11.4 Å². The molecule has 0 amide bonds. The van der Waals surface area contributed by atoms with Gasteiger partial charge in [0.25, 0.3) is 0 Å². The first kappa shape index (κ1) is 12.7. The van der Waals surface area contributed by atoms with Crippen molar-refractivity contribution in [3.8, 4) is 0 Å². The normalized spacial score (nSPS) is 25.9. The van der Waals surface area contributed by atoms with Crippen molar-refractivity contribution in [2.24, 2.45) is 5.73 Å². The molecule has 3 atom stereocenters. The van der Waals surface area contributed by atoms with E-state index in [4.69, 9.17) is 5.73 Å². The summed E-state index contributed by atoms with van der Waals surface area (Å²) in [5.41, 5.74) is 9.16. The summed E-state index contributed by atoms with van der Waals surface area (Å²) < 4.78 is 0. The molecule has 0 aliphatic heterocycles. The first-order valence-corrected chi connectivity index (χ1v) is 7.56. The number of nitrogens with zero attached hydrogens (tertiary/aromatic N) is 1. The zero-order valence-corrected chi connectivity index (χ0v) is 11.8. The third-order valence-electron chi connectivity index (χ3n) is 3.78. The van der Waals surface area contributed by atoms with Crippen LogP contribution >= 0.6 is 11.8 Å². The van der Waals surface area contributed by atoms with Crippen LogP contribution in [0, 0.1) is 0 Å². The number of fused-ring (bicyclic) bond motifs is 1. The molecule has 0 saturated carbocycles. The average molecular weight is 270 g/mol. The Hall–Kier alpha value is -1.32. The van der Waals surface area contributed by atoms with Crippen LogP contribution in [0.3, 0.4) is 0 Å². The van der Waals surface area contributed by atoms with Crippen LogP contribution in [-0.4, -0.2) is 10.2 Å². The van der Waals surface area contributed by atoms with Gasteiger partial charge < -0.3 is 5.73 Å². The van der Waals surface area contributed by atoms with Gasteiger partial charge in [-0.25, -0.2) is 4.98 Å². The molecule has 2 N–H and O–H groups in total. The molecule has 1 aliphatic carbocycles. The van der Waals surface area contributed by atoms with Crippen LogP contribution in [0.15, 0.2) is 53.7 Å². The molecule has 1 aliphatic rings. The van der Waals surface area contributed by atoms with Gasteiger partial charge in [0.1, 0.15) is 0 Å². The summed E-state index contributed by atoms with van der Waals surface area (Å²) in [4.78, 5) is 4.40. The standard InChI is InChI=1S/C16H18N2S/c1-11-10-14(19-15-8-4-5-9-18-15)16(17)13-7-3-2-6-12(11)13/h2-9,11,14,16H,10,17H2,1H3. The Bertz CT molecular complexity index is 556. The largest absolute Gasteiger partial charge is 0.323 e. The summed E-state index contributed by atoms with van der Waals surface area (Å²) in [6, 6.07) is 14.7. The van der Waals surface area contributed by atoms with E-state index in [0.29, 0.717) is 11.2 Å². The van der Waals surface area contributed by atoms with E-state index in [9.17, 15) is 0 Å². The Balaban J connectivity index is 1.86. The van der Waals surface area contributed by atoms with E-state index in [1.807, 2.05) is 18.3 Å². The molecular formula is C16H18N2S. The number of benzene rings is 1. The second-order valence-electron chi connectivity index (χ2n) is 5.12. The van der Waals surface area contributed by atoms with Crippen LogP contribution in [0.1, 0.15) is 36.4 Å². The predicted molar refractivity (Wildman–Crippen MR) is 80.3 cm³/mol. The van der Waals surface area contributed by atoms with Gasteiger partial charge in [0.15, 0.2) is 0 Å². The maximum Gasteiger partial charge on any atom is 0.0963 e. The van der Waals surface area contributed by atoms with Crippen LogP contribution in [0.2, 0.25) is 0 Å². The molecule has 2 aromatic rings. The quantitative estimate of drug-likeness (QED) is 0.903. The van der Waals surface area contributed by atoms with Gasteiger partial charge in [-0.15, -0.1) is 11.8 Å². The summed E-state index contributed by atoms with van der Waals surface area (Å²) >= 11 is 1.80. The van der Waals surface area contributed by atoms with Gasteiger partial charge in [-0.3, -0.25) is 0 Å². The van der Waals surface area contributed by atoms with Crippen molar-refractivity contribution in [3.05, 3.63) is 59.8 Å². The van der Waals surface area contributed by atoms with Crippen LogP contribution in [-0.2, 0) is 0 Å². The van der Waals surface area contributed by atoms with Crippen molar-refractivity contribution >= 4 is 11.8 Å². The fourth-order valence-electron chi connectivity index (χ4n) is 2.78. The predicted octanol–water partition coefficient (Wildman–Crippen LogP) is 3.75. The summed E-state index contributed by atoms with van der Waals surface area (Å²) in [6.45, 7) is 2.29. The van der Waals surface area contributed by atoms with Crippen LogP contribution < -0.4 is 5.73 Å². The summed E-state index contributed by atoms with van der Waals surface area (Å²) in [6.07, 6.45) is 2.95. The number of aromatic nitrogens is 1. The molecule has 0 fully saturated rings. The minimum atomic E-state index is 0.0967. The molecule has 98 valence electrons. The molecule has 1 aromatic carbocycles. The van der Waals surface area contributed by atoms with Crippen LogP contribution in [0.5, 0.6) is 0 Å². The molecule has 3 unspecified atom stereocenters. The lowest BCUT2D eigenvalue weighted by Gasteiger charge is -2.34. The van der Waals surface area contributed by atoms with E-state index in [-0.39, 0.29) is 6.04 Å². The fraction of sp³-hybridized carbons (Fsp3) is 0.312. The van der Waals surface area contributed by atoms with Gasteiger partial charge in [-0.05, 0) is 35.6 Å². The number of nitrogens with two attached hydrogens (primary N) is 1. The first-order valence-electron chi connectivity index (χ1n) is 6.68. The topological polar surface area (TPSA) is 38.9 Å². The van der Waals surface area contributed by atoms with Gasteiger partial charge in [-0.1, -0.05) is 37.3 Å². The average Bonchev–Trinajstić information content (AvgIpc) is 2.46. The van der Waals surface area contributed by atoms with Gasteiger partial charge >= 0.3 is 0 Å². The maximum absolute atomic E-state index is 6.45. The Morgan fingerprint density at radius 3 is 2.58 bits per heavy atom. The van der Waals surface area contributed by atoms with E-state index in [2.05, 4.69) is 42.2 Å². The number of rotatable bonds is 2. The van der Waals surface area contributed by atoms with Crippen LogP contribution in [0.25, 0.3) is 0 Å². The number of hydrogen-bond donors (Lipinski definition) is 1. The molecular weight excluding hydrogens is 252 g/mol. The fourth-order valence-corrected chi connectivity index (χ4v) is 4.05. The lowest BCUT2D eigenvalue weighted by Crippen LogP contribution is -2.30.